The summed E-state index contributed by atoms with van der Waals surface area (Å²) in [6, 6.07) is 2.12. The zero-order valence-electron chi connectivity index (χ0n) is 11.0. The molecule has 0 N–H and O–H groups in total. The Hall–Kier alpha value is -0.960. The molecule has 0 atom stereocenters. The summed E-state index contributed by atoms with van der Waals surface area (Å²) in [5, 5.41) is 0. The quantitative estimate of drug-likeness (QED) is 0.740. The average molecular weight is 309 g/mol. The fourth-order valence-corrected chi connectivity index (χ4v) is 3.32. The third-order valence-corrected chi connectivity index (χ3v) is 4.91. The van der Waals surface area contributed by atoms with Crippen molar-refractivity contribution in [3.8, 4) is 0 Å². The molecule has 0 aromatic heterocycles. The predicted molar refractivity (Wildman–Crippen MR) is 75.0 cm³/mol. The number of Topliss-reactive ketones (excluding diaryl/α,β-unsaturated/α-hetero) is 2. The summed E-state index contributed by atoms with van der Waals surface area (Å²) in [6.45, 7) is 6.18. The molecule has 0 heterocycles. The molecule has 1 aromatic carbocycles. The van der Waals surface area contributed by atoms with Crippen LogP contribution in [0.5, 0.6) is 0 Å². The van der Waals surface area contributed by atoms with Crippen LogP contribution in [-0.4, -0.2) is 11.6 Å². The zero-order chi connectivity index (χ0) is 13.4. The summed E-state index contributed by atoms with van der Waals surface area (Å²) < 4.78 is 1.09. The first-order valence-electron chi connectivity index (χ1n) is 6.19. The van der Waals surface area contributed by atoms with Gasteiger partial charge in [0.05, 0.1) is 6.42 Å². The maximum Gasteiger partial charge on any atom is 0.140 e. The Morgan fingerprint density at radius 2 is 1.61 bits per heavy atom. The van der Waals surface area contributed by atoms with Gasteiger partial charge < -0.3 is 0 Å². The monoisotopic (exact) mass is 308 g/mol. The van der Waals surface area contributed by atoms with Crippen LogP contribution in [0.1, 0.15) is 47.4 Å². The number of hydrogen-bond donors (Lipinski definition) is 0. The van der Waals surface area contributed by atoms with Gasteiger partial charge in [-0.3, -0.25) is 9.59 Å². The normalized spacial score (nSPS) is 17.3. The van der Waals surface area contributed by atoms with Crippen molar-refractivity contribution < 1.29 is 9.59 Å². The number of rotatable bonds is 1. The molecular formula is C15H17BrO2. The molecule has 0 saturated heterocycles. The van der Waals surface area contributed by atoms with Crippen LogP contribution >= 0.6 is 15.9 Å². The molecule has 1 fully saturated rings. The van der Waals surface area contributed by atoms with Crippen molar-refractivity contribution >= 4 is 27.5 Å². The first kappa shape index (κ1) is 13.5. The Kier molecular flexibility index (Phi) is 3.71. The van der Waals surface area contributed by atoms with Crippen molar-refractivity contribution in [2.24, 2.45) is 0 Å². The van der Waals surface area contributed by atoms with Crippen LogP contribution in [0.4, 0.5) is 0 Å². The number of hydrogen-bond acceptors (Lipinski definition) is 2. The molecule has 2 nitrogen and oxygen atoms in total. The van der Waals surface area contributed by atoms with E-state index in [-0.39, 0.29) is 23.9 Å². The highest BCUT2D eigenvalue weighted by molar-refractivity contribution is 9.10. The zero-order valence-corrected chi connectivity index (χ0v) is 12.6. The molecule has 1 aromatic rings. The molecule has 0 bridgehead atoms. The molecule has 0 unspecified atom stereocenters. The van der Waals surface area contributed by atoms with Crippen molar-refractivity contribution in [3.05, 3.63) is 32.8 Å². The van der Waals surface area contributed by atoms with E-state index in [9.17, 15) is 9.59 Å². The van der Waals surface area contributed by atoms with E-state index in [0.717, 1.165) is 4.47 Å². The highest BCUT2D eigenvalue weighted by atomic mass is 79.9. The van der Waals surface area contributed by atoms with Gasteiger partial charge >= 0.3 is 0 Å². The van der Waals surface area contributed by atoms with Gasteiger partial charge in [-0.15, -0.1) is 0 Å². The fraction of sp³-hybridized carbons (Fsp3) is 0.467. The van der Waals surface area contributed by atoms with Gasteiger partial charge in [-0.2, -0.15) is 0 Å². The average Bonchev–Trinajstić information content (AvgIpc) is 2.24. The van der Waals surface area contributed by atoms with Crippen molar-refractivity contribution in [1.29, 1.82) is 0 Å². The van der Waals surface area contributed by atoms with Crippen molar-refractivity contribution in [2.75, 3.05) is 0 Å². The molecule has 96 valence electrons. The first-order valence-corrected chi connectivity index (χ1v) is 6.99. The fourth-order valence-electron chi connectivity index (χ4n) is 2.99. The van der Waals surface area contributed by atoms with E-state index in [1.165, 1.54) is 22.3 Å². The maximum atomic E-state index is 11.6. The minimum atomic E-state index is 0.0654. The van der Waals surface area contributed by atoms with Crippen LogP contribution in [0.3, 0.4) is 0 Å². The second-order valence-electron chi connectivity index (χ2n) is 5.22. The van der Waals surface area contributed by atoms with Crippen LogP contribution in [0.2, 0.25) is 0 Å². The molecule has 0 amide bonds. The van der Waals surface area contributed by atoms with Crippen LogP contribution in [0, 0.1) is 20.8 Å². The minimum absolute atomic E-state index is 0.0654. The Morgan fingerprint density at radius 3 is 2.17 bits per heavy atom. The van der Waals surface area contributed by atoms with Crippen molar-refractivity contribution in [3.63, 3.8) is 0 Å². The topological polar surface area (TPSA) is 34.1 Å². The highest BCUT2D eigenvalue weighted by Crippen LogP contribution is 2.37. The molecule has 0 aliphatic heterocycles. The van der Waals surface area contributed by atoms with E-state index in [4.69, 9.17) is 0 Å². The Labute approximate surface area is 116 Å². The van der Waals surface area contributed by atoms with Gasteiger partial charge in [-0.1, -0.05) is 22.0 Å². The number of benzene rings is 1. The number of ketones is 2. The van der Waals surface area contributed by atoms with Gasteiger partial charge in [-0.05, 0) is 48.9 Å². The summed E-state index contributed by atoms with van der Waals surface area (Å²) in [5.74, 6) is 0.217. The molecule has 1 aliphatic rings. The van der Waals surface area contributed by atoms with Gasteiger partial charge in [0.1, 0.15) is 11.6 Å². The Bertz CT molecular complexity index is 516. The lowest BCUT2D eigenvalue weighted by molar-refractivity contribution is -0.130. The highest BCUT2D eigenvalue weighted by Gasteiger charge is 2.29. The Balaban J connectivity index is 2.48. The van der Waals surface area contributed by atoms with E-state index in [1.54, 1.807) is 0 Å². The van der Waals surface area contributed by atoms with E-state index in [1.807, 2.05) is 0 Å². The van der Waals surface area contributed by atoms with E-state index < -0.39 is 0 Å². The Morgan fingerprint density at radius 1 is 1.06 bits per heavy atom. The van der Waals surface area contributed by atoms with Crippen LogP contribution in [0.25, 0.3) is 0 Å². The standard InChI is InChI=1S/C15H17BrO2/c1-8-4-9(2)15(16)10(3)14(8)11-5-12(17)7-13(18)6-11/h4,11H,5-7H2,1-3H3. The van der Waals surface area contributed by atoms with E-state index in [0.29, 0.717) is 12.8 Å². The lowest BCUT2D eigenvalue weighted by Crippen LogP contribution is -2.22. The summed E-state index contributed by atoms with van der Waals surface area (Å²) in [4.78, 5) is 23.2. The number of carbonyl (C=O) groups excluding carboxylic acids is 2. The summed E-state index contributed by atoms with van der Waals surface area (Å²) >= 11 is 3.59. The smallest absolute Gasteiger partial charge is 0.140 e. The SMILES string of the molecule is Cc1cc(C)c(C2CC(=O)CC(=O)C2)c(C)c1Br. The molecule has 1 saturated carbocycles. The van der Waals surface area contributed by atoms with Gasteiger partial charge in [0.2, 0.25) is 0 Å². The molecule has 2 rings (SSSR count). The number of halogens is 1. The van der Waals surface area contributed by atoms with Gasteiger partial charge in [-0.25, -0.2) is 0 Å². The second-order valence-corrected chi connectivity index (χ2v) is 6.02. The minimum Gasteiger partial charge on any atom is -0.299 e. The van der Waals surface area contributed by atoms with Gasteiger partial charge in [0.15, 0.2) is 0 Å². The summed E-state index contributed by atoms with van der Waals surface area (Å²) in [6.07, 6.45) is 1.13. The maximum absolute atomic E-state index is 11.6. The van der Waals surface area contributed by atoms with Gasteiger partial charge in [0, 0.05) is 17.3 Å². The predicted octanol–water partition coefficient (Wildman–Crippen LogP) is 3.78. The lowest BCUT2D eigenvalue weighted by Gasteiger charge is -2.25. The molecule has 0 spiro atoms. The summed E-state index contributed by atoms with van der Waals surface area (Å²) in [7, 11) is 0. The van der Waals surface area contributed by atoms with Crippen LogP contribution < -0.4 is 0 Å². The second kappa shape index (κ2) is 4.96. The van der Waals surface area contributed by atoms with Crippen LogP contribution in [-0.2, 0) is 9.59 Å². The molecular weight excluding hydrogens is 292 g/mol. The largest absolute Gasteiger partial charge is 0.299 e. The molecule has 3 heteroatoms. The van der Waals surface area contributed by atoms with Crippen LogP contribution in [0.15, 0.2) is 10.5 Å². The van der Waals surface area contributed by atoms with E-state index in [2.05, 4.69) is 42.8 Å². The van der Waals surface area contributed by atoms with Crippen molar-refractivity contribution in [2.45, 2.75) is 46.0 Å². The lowest BCUT2D eigenvalue weighted by atomic mass is 9.79. The first-order chi connectivity index (χ1) is 8.40. The molecule has 0 radical (unpaired) electrons. The number of aryl methyl sites for hydroxylation is 2. The van der Waals surface area contributed by atoms with E-state index >= 15 is 0 Å². The molecule has 18 heavy (non-hydrogen) atoms. The third kappa shape index (κ3) is 2.41. The summed E-state index contributed by atoms with van der Waals surface area (Å²) in [5.41, 5.74) is 4.72. The third-order valence-electron chi connectivity index (χ3n) is 3.69. The number of carbonyl (C=O) groups is 2. The van der Waals surface area contributed by atoms with Crippen molar-refractivity contribution in [1.82, 2.24) is 0 Å². The van der Waals surface area contributed by atoms with Gasteiger partial charge in [0.25, 0.3) is 0 Å². The molecule has 1 aliphatic carbocycles.